The van der Waals surface area contributed by atoms with Crippen LogP contribution in [-0.4, -0.2) is 19.5 Å². The van der Waals surface area contributed by atoms with E-state index in [0.29, 0.717) is 17.5 Å². The smallest absolute Gasteiger partial charge is 0.164 e. The molecule has 11 aromatic rings. The Bertz CT molecular complexity index is 3450. The van der Waals surface area contributed by atoms with Crippen LogP contribution in [0.1, 0.15) is 22.3 Å². The van der Waals surface area contributed by atoms with Crippen molar-refractivity contribution in [1.82, 2.24) is 19.5 Å². The maximum Gasteiger partial charge on any atom is 0.164 e. The lowest BCUT2D eigenvalue weighted by molar-refractivity contribution is 0.797. The highest BCUT2D eigenvalue weighted by atomic mass is 15.0. The van der Waals surface area contributed by atoms with Crippen molar-refractivity contribution in [2.24, 2.45) is 0 Å². The van der Waals surface area contributed by atoms with Crippen LogP contribution in [0, 0.1) is 0 Å². The van der Waals surface area contributed by atoms with Gasteiger partial charge in [0.1, 0.15) is 0 Å². The summed E-state index contributed by atoms with van der Waals surface area (Å²) in [6, 6.07) is 70.0. The molecule has 0 saturated carbocycles. The summed E-state index contributed by atoms with van der Waals surface area (Å²) >= 11 is 0. The first-order valence-corrected chi connectivity index (χ1v) is 19.9. The molecule has 4 nitrogen and oxygen atoms in total. The lowest BCUT2D eigenvalue weighted by atomic mass is 9.70. The molecule has 0 bridgehead atoms. The van der Waals surface area contributed by atoms with Gasteiger partial charge in [0.15, 0.2) is 17.5 Å². The van der Waals surface area contributed by atoms with E-state index in [0.717, 1.165) is 33.4 Å². The van der Waals surface area contributed by atoms with E-state index in [1.807, 2.05) is 18.2 Å². The molecule has 4 heteroatoms. The summed E-state index contributed by atoms with van der Waals surface area (Å²) in [5.41, 5.74) is 13.4. The minimum absolute atomic E-state index is 0.474. The average Bonchev–Trinajstić information content (AvgIpc) is 3.91. The fourth-order valence-electron chi connectivity index (χ4n) is 10.3. The van der Waals surface area contributed by atoms with Crippen LogP contribution in [0.25, 0.3) is 94.3 Å². The van der Waals surface area contributed by atoms with E-state index < -0.39 is 5.41 Å². The Morgan fingerprint density at radius 3 is 1.71 bits per heavy atom. The zero-order chi connectivity index (χ0) is 38.0. The molecule has 2 heterocycles. The van der Waals surface area contributed by atoms with Gasteiger partial charge in [-0.2, -0.15) is 0 Å². The molecule has 0 unspecified atom stereocenters. The Morgan fingerprint density at radius 1 is 0.362 bits per heavy atom. The van der Waals surface area contributed by atoms with Crippen LogP contribution in [0.5, 0.6) is 0 Å². The first kappa shape index (κ1) is 31.5. The Labute approximate surface area is 334 Å². The normalized spacial score (nSPS) is 13.3. The Balaban J connectivity index is 1.08. The first-order valence-electron chi connectivity index (χ1n) is 19.9. The van der Waals surface area contributed by atoms with E-state index in [9.17, 15) is 0 Å². The maximum atomic E-state index is 5.41. The Kier molecular flexibility index (Phi) is 6.34. The minimum atomic E-state index is -0.474. The van der Waals surface area contributed by atoms with E-state index in [1.54, 1.807) is 0 Å². The van der Waals surface area contributed by atoms with E-state index in [-0.39, 0.29) is 0 Å². The molecular weight excluding hydrogens is 705 g/mol. The van der Waals surface area contributed by atoms with Gasteiger partial charge in [0.25, 0.3) is 0 Å². The molecule has 13 rings (SSSR count). The molecular formula is C54H32N4. The molecule has 1 spiro atoms. The number of para-hydroxylation sites is 2. The standard InChI is InChI=1S/C54H32N4/c1-3-14-35(15-4-1)51-55-52(36-30-31-39-38-20-8-10-27-46(38)58(47(39)32-36)37-18-5-2-6-19-37)57-53(56-51)41-22-13-26-45-50(41)40-21-7-9-23-42(40)54(45)43-24-11-16-33-28-29-34-17-12-25-44(54)49(34)48(33)43/h1-32H. The lowest BCUT2D eigenvalue weighted by Gasteiger charge is -2.31. The molecule has 0 N–H and O–H groups in total. The van der Waals surface area contributed by atoms with Gasteiger partial charge in [0.2, 0.25) is 0 Å². The maximum absolute atomic E-state index is 5.41. The van der Waals surface area contributed by atoms with Crippen molar-refractivity contribution in [2.45, 2.75) is 5.41 Å². The Hall–Kier alpha value is -7.69. The van der Waals surface area contributed by atoms with Crippen molar-refractivity contribution >= 4 is 43.4 Å². The van der Waals surface area contributed by atoms with Gasteiger partial charge in [-0.05, 0) is 79.2 Å². The van der Waals surface area contributed by atoms with Gasteiger partial charge in [-0.25, -0.2) is 15.0 Å². The molecule has 0 atom stereocenters. The van der Waals surface area contributed by atoms with Gasteiger partial charge in [0.05, 0.1) is 16.4 Å². The highest BCUT2D eigenvalue weighted by Gasteiger charge is 2.51. The lowest BCUT2D eigenvalue weighted by Crippen LogP contribution is -2.26. The summed E-state index contributed by atoms with van der Waals surface area (Å²) in [6.07, 6.45) is 0. The molecule has 2 aliphatic carbocycles. The number of hydrogen-bond donors (Lipinski definition) is 0. The number of hydrogen-bond acceptors (Lipinski definition) is 3. The van der Waals surface area contributed by atoms with Crippen LogP contribution in [0.2, 0.25) is 0 Å². The van der Waals surface area contributed by atoms with Gasteiger partial charge in [-0.1, -0.05) is 170 Å². The number of rotatable bonds is 4. The molecule has 0 amide bonds. The molecule has 2 aliphatic rings. The summed E-state index contributed by atoms with van der Waals surface area (Å²) in [4.78, 5) is 15.9. The third-order valence-electron chi connectivity index (χ3n) is 12.6. The summed E-state index contributed by atoms with van der Waals surface area (Å²) < 4.78 is 2.34. The van der Waals surface area contributed by atoms with E-state index in [1.165, 1.54) is 65.7 Å². The second-order valence-corrected chi connectivity index (χ2v) is 15.5. The predicted molar refractivity (Wildman–Crippen MR) is 236 cm³/mol. The van der Waals surface area contributed by atoms with Crippen molar-refractivity contribution in [1.29, 1.82) is 0 Å². The largest absolute Gasteiger partial charge is 0.309 e. The van der Waals surface area contributed by atoms with E-state index in [4.69, 9.17) is 15.0 Å². The molecule has 58 heavy (non-hydrogen) atoms. The van der Waals surface area contributed by atoms with Crippen molar-refractivity contribution in [3.63, 3.8) is 0 Å². The van der Waals surface area contributed by atoms with Crippen LogP contribution in [0.3, 0.4) is 0 Å². The quantitative estimate of drug-likeness (QED) is 0.169. The SMILES string of the molecule is c1ccc(-c2nc(-c3ccc4c5ccccc5n(-c5ccccc5)c4c3)nc(-c3cccc4c3-c3ccccc3C43c4cccc5ccc6cccc3c6c45)n2)cc1. The minimum Gasteiger partial charge on any atom is -0.309 e. The molecule has 0 aliphatic heterocycles. The number of aromatic nitrogens is 4. The summed E-state index contributed by atoms with van der Waals surface area (Å²) in [6.45, 7) is 0. The van der Waals surface area contributed by atoms with Gasteiger partial charge in [-0.15, -0.1) is 0 Å². The monoisotopic (exact) mass is 736 g/mol. The Morgan fingerprint density at radius 2 is 0.931 bits per heavy atom. The van der Waals surface area contributed by atoms with Crippen LogP contribution >= 0.6 is 0 Å². The third kappa shape index (κ3) is 4.10. The third-order valence-corrected chi connectivity index (χ3v) is 12.6. The number of benzene rings is 9. The molecule has 0 fully saturated rings. The molecule has 0 radical (unpaired) electrons. The van der Waals surface area contributed by atoms with Gasteiger partial charge in [-0.3, -0.25) is 0 Å². The van der Waals surface area contributed by atoms with Crippen molar-refractivity contribution in [3.05, 3.63) is 216 Å². The van der Waals surface area contributed by atoms with Crippen molar-refractivity contribution in [3.8, 4) is 51.0 Å². The first-order chi connectivity index (χ1) is 28.8. The van der Waals surface area contributed by atoms with Crippen LogP contribution < -0.4 is 0 Å². The summed E-state index contributed by atoms with van der Waals surface area (Å²) in [5, 5.41) is 7.64. The fraction of sp³-hybridized carbons (Fsp3) is 0.0185. The zero-order valence-electron chi connectivity index (χ0n) is 31.3. The highest BCUT2D eigenvalue weighted by Crippen LogP contribution is 2.63. The fourth-order valence-corrected chi connectivity index (χ4v) is 10.3. The average molecular weight is 737 g/mol. The summed E-state index contributed by atoms with van der Waals surface area (Å²) in [5.74, 6) is 1.94. The molecule has 9 aromatic carbocycles. The van der Waals surface area contributed by atoms with E-state index in [2.05, 4.69) is 180 Å². The predicted octanol–water partition coefficient (Wildman–Crippen LogP) is 13.0. The van der Waals surface area contributed by atoms with Gasteiger partial charge in [0, 0.05) is 33.2 Å². The molecule has 2 aromatic heterocycles. The second kappa shape index (κ2) is 11.7. The van der Waals surface area contributed by atoms with Gasteiger partial charge < -0.3 is 4.57 Å². The zero-order valence-corrected chi connectivity index (χ0v) is 31.3. The topological polar surface area (TPSA) is 43.6 Å². The van der Waals surface area contributed by atoms with Crippen molar-refractivity contribution in [2.75, 3.05) is 0 Å². The van der Waals surface area contributed by atoms with E-state index >= 15 is 0 Å². The molecule has 268 valence electrons. The van der Waals surface area contributed by atoms with Crippen LogP contribution in [-0.2, 0) is 5.41 Å². The second-order valence-electron chi connectivity index (χ2n) is 15.5. The number of fused-ring (bicyclic) bond motifs is 10. The van der Waals surface area contributed by atoms with Crippen LogP contribution in [0.4, 0.5) is 0 Å². The van der Waals surface area contributed by atoms with Crippen molar-refractivity contribution < 1.29 is 0 Å². The number of nitrogens with zero attached hydrogens (tertiary/aromatic N) is 4. The van der Waals surface area contributed by atoms with Gasteiger partial charge >= 0.3 is 0 Å². The van der Waals surface area contributed by atoms with Crippen LogP contribution in [0.15, 0.2) is 194 Å². The molecule has 0 saturated heterocycles. The summed E-state index contributed by atoms with van der Waals surface area (Å²) in [7, 11) is 0. The highest BCUT2D eigenvalue weighted by molar-refractivity contribution is 6.18.